The Morgan fingerprint density at radius 2 is 1.05 bits per heavy atom. The summed E-state index contributed by atoms with van der Waals surface area (Å²) in [6.45, 7) is 15.1. The molecule has 0 spiro atoms. The Morgan fingerprint density at radius 1 is 0.659 bits per heavy atom. The topological polar surface area (TPSA) is 123 Å². The van der Waals surface area contributed by atoms with Gasteiger partial charge in [0.05, 0.1) is 0 Å². The van der Waals surface area contributed by atoms with Gasteiger partial charge in [0, 0.05) is 42.6 Å². The number of nitrogens with one attached hydrogen (secondary N) is 3. The number of rotatable bonds is 7. The zero-order valence-electron chi connectivity index (χ0n) is 25.3. The number of carbonyl (C=O) groups is 3. The molecule has 0 bridgehead atoms. The molecule has 0 saturated heterocycles. The van der Waals surface area contributed by atoms with Crippen LogP contribution in [0.4, 0.5) is 4.79 Å². The molecule has 0 aliphatic rings. The minimum atomic E-state index is -0.532. The molecule has 0 heterocycles. The van der Waals surface area contributed by atoms with Gasteiger partial charge in [-0.15, -0.1) is 0 Å². The number of amides is 3. The van der Waals surface area contributed by atoms with E-state index in [1.807, 2.05) is 109 Å². The lowest BCUT2D eigenvalue weighted by Crippen LogP contribution is -2.43. The normalized spacial score (nSPS) is 10.7. The summed E-state index contributed by atoms with van der Waals surface area (Å²) in [5, 5.41) is 8.22. The van der Waals surface area contributed by atoms with E-state index in [4.69, 9.17) is 10.5 Å². The second kappa shape index (κ2) is 16.7. The van der Waals surface area contributed by atoms with Gasteiger partial charge >= 0.3 is 6.09 Å². The van der Waals surface area contributed by atoms with E-state index < -0.39 is 11.7 Å². The molecule has 220 valence electrons. The first kappa shape index (κ1) is 34.8. The average molecular weight is 561 g/mol. The number of nitrogens with two attached hydrogens (primary N) is 1. The van der Waals surface area contributed by atoms with Crippen LogP contribution in [0.25, 0.3) is 0 Å². The standard InChI is InChI=1S/C19H26N2O3.C14H18N2O/c1-18(2,3)24-17(23)21-14-19(4,5)13-20-16(22)12-11-15-9-7-6-8-10-15;1-14(2,10-15)11-16-13(17)9-8-12-6-4-3-5-7-12/h6-10H,13-14H2,1-5H3,(H,20,22)(H,21,23);3-7H,10-11,15H2,1-2H3,(H,16,17). The van der Waals surface area contributed by atoms with Crippen LogP contribution in [0.5, 0.6) is 0 Å². The van der Waals surface area contributed by atoms with E-state index in [0.29, 0.717) is 26.2 Å². The van der Waals surface area contributed by atoms with Gasteiger partial charge in [-0.05, 0) is 62.4 Å². The van der Waals surface area contributed by atoms with Crippen molar-refractivity contribution in [3.63, 3.8) is 0 Å². The van der Waals surface area contributed by atoms with Crippen LogP contribution >= 0.6 is 0 Å². The Bertz CT molecular complexity index is 1240. The van der Waals surface area contributed by atoms with E-state index in [1.54, 1.807) is 0 Å². The minimum absolute atomic E-state index is 0.0932. The summed E-state index contributed by atoms with van der Waals surface area (Å²) in [6.07, 6.45) is -0.467. The first-order valence-corrected chi connectivity index (χ1v) is 13.5. The summed E-state index contributed by atoms with van der Waals surface area (Å²) < 4.78 is 5.19. The SMILES string of the molecule is CC(C)(CN)CNC(=O)C#Cc1ccccc1.CC(C)(CNC(=O)C#Cc1ccccc1)CNC(=O)OC(C)(C)C. The highest BCUT2D eigenvalue weighted by Gasteiger charge is 2.22. The Morgan fingerprint density at radius 3 is 1.44 bits per heavy atom. The molecule has 5 N–H and O–H groups in total. The van der Waals surface area contributed by atoms with Crippen LogP contribution in [0.1, 0.15) is 59.6 Å². The van der Waals surface area contributed by atoms with E-state index >= 15 is 0 Å². The third-order valence-corrected chi connectivity index (χ3v) is 5.31. The molecule has 2 rings (SSSR count). The maximum Gasteiger partial charge on any atom is 0.407 e. The molecular formula is C33H44N4O4. The van der Waals surface area contributed by atoms with Crippen molar-refractivity contribution in [2.45, 2.75) is 54.1 Å². The zero-order valence-corrected chi connectivity index (χ0v) is 25.3. The van der Waals surface area contributed by atoms with Crippen molar-refractivity contribution in [3.8, 4) is 23.7 Å². The van der Waals surface area contributed by atoms with Gasteiger partial charge in [0.1, 0.15) is 5.60 Å². The van der Waals surface area contributed by atoms with Gasteiger partial charge in [0.2, 0.25) is 0 Å². The van der Waals surface area contributed by atoms with Gasteiger partial charge in [-0.1, -0.05) is 75.9 Å². The molecular weight excluding hydrogens is 516 g/mol. The van der Waals surface area contributed by atoms with Crippen molar-refractivity contribution in [3.05, 3.63) is 71.8 Å². The fourth-order valence-electron chi connectivity index (χ4n) is 2.79. The van der Waals surface area contributed by atoms with Crippen LogP contribution in [0.15, 0.2) is 60.7 Å². The summed E-state index contributed by atoms with van der Waals surface area (Å²) in [7, 11) is 0. The number of ether oxygens (including phenoxy) is 1. The lowest BCUT2D eigenvalue weighted by molar-refractivity contribution is -0.116. The van der Waals surface area contributed by atoms with Crippen molar-refractivity contribution in [1.82, 2.24) is 16.0 Å². The van der Waals surface area contributed by atoms with Crippen molar-refractivity contribution in [1.29, 1.82) is 0 Å². The molecule has 0 aromatic heterocycles. The van der Waals surface area contributed by atoms with Crippen LogP contribution in [0.3, 0.4) is 0 Å². The third kappa shape index (κ3) is 17.8. The second-order valence-electron chi connectivity index (χ2n) is 12.0. The number of alkyl carbamates (subject to hydrolysis) is 1. The molecule has 0 saturated carbocycles. The summed E-state index contributed by atoms with van der Waals surface area (Å²) in [5.41, 5.74) is 6.25. The van der Waals surface area contributed by atoms with E-state index in [9.17, 15) is 14.4 Å². The first-order valence-electron chi connectivity index (χ1n) is 13.5. The summed E-state index contributed by atoms with van der Waals surface area (Å²) in [5.74, 6) is 10.1. The molecule has 8 nitrogen and oxygen atoms in total. The van der Waals surface area contributed by atoms with Gasteiger partial charge < -0.3 is 26.4 Å². The van der Waals surface area contributed by atoms with E-state index in [1.165, 1.54) is 0 Å². The van der Waals surface area contributed by atoms with Crippen LogP contribution < -0.4 is 21.7 Å². The smallest absolute Gasteiger partial charge is 0.407 e. The van der Waals surface area contributed by atoms with Crippen molar-refractivity contribution >= 4 is 17.9 Å². The van der Waals surface area contributed by atoms with Gasteiger partial charge in [-0.3, -0.25) is 9.59 Å². The molecule has 0 atom stereocenters. The maximum absolute atomic E-state index is 11.8. The van der Waals surface area contributed by atoms with E-state index in [0.717, 1.165) is 11.1 Å². The average Bonchev–Trinajstić information content (AvgIpc) is 2.92. The number of hydrogen-bond donors (Lipinski definition) is 4. The van der Waals surface area contributed by atoms with E-state index in [2.05, 4.69) is 39.6 Å². The summed E-state index contributed by atoms with van der Waals surface area (Å²) in [4.78, 5) is 34.9. The molecule has 2 aromatic rings. The molecule has 0 aliphatic heterocycles. The van der Waals surface area contributed by atoms with Crippen LogP contribution in [-0.4, -0.2) is 49.7 Å². The highest BCUT2D eigenvalue weighted by Crippen LogP contribution is 2.13. The number of benzene rings is 2. The van der Waals surface area contributed by atoms with Gasteiger partial charge in [-0.25, -0.2) is 4.79 Å². The van der Waals surface area contributed by atoms with Gasteiger partial charge in [0.25, 0.3) is 11.8 Å². The molecule has 2 aromatic carbocycles. The zero-order chi connectivity index (χ0) is 30.9. The summed E-state index contributed by atoms with van der Waals surface area (Å²) in [6, 6.07) is 18.7. The maximum atomic E-state index is 11.8. The monoisotopic (exact) mass is 560 g/mol. The number of hydrogen-bond acceptors (Lipinski definition) is 5. The largest absolute Gasteiger partial charge is 0.444 e. The number of carbonyl (C=O) groups excluding carboxylic acids is 3. The van der Waals surface area contributed by atoms with Crippen LogP contribution in [0, 0.1) is 34.5 Å². The van der Waals surface area contributed by atoms with Crippen molar-refractivity contribution in [2.24, 2.45) is 16.6 Å². The second-order valence-corrected chi connectivity index (χ2v) is 12.0. The highest BCUT2D eigenvalue weighted by atomic mass is 16.6. The van der Waals surface area contributed by atoms with Crippen LogP contribution in [-0.2, 0) is 14.3 Å². The van der Waals surface area contributed by atoms with E-state index in [-0.39, 0.29) is 22.6 Å². The predicted molar refractivity (Wildman–Crippen MR) is 164 cm³/mol. The highest BCUT2D eigenvalue weighted by molar-refractivity contribution is 5.94. The molecule has 0 unspecified atom stereocenters. The fourth-order valence-corrected chi connectivity index (χ4v) is 2.79. The van der Waals surface area contributed by atoms with Crippen molar-refractivity contribution < 1.29 is 19.1 Å². The first-order chi connectivity index (χ1) is 19.1. The lowest BCUT2D eigenvalue weighted by atomic mass is 9.93. The molecule has 0 aliphatic carbocycles. The Balaban J connectivity index is 0.000000435. The quantitative estimate of drug-likeness (QED) is 0.383. The lowest BCUT2D eigenvalue weighted by Gasteiger charge is -2.26. The Kier molecular flexibility index (Phi) is 14.2. The third-order valence-electron chi connectivity index (χ3n) is 5.31. The molecule has 41 heavy (non-hydrogen) atoms. The fraction of sp³-hybridized carbons (Fsp3) is 0.424. The summed E-state index contributed by atoms with van der Waals surface area (Å²) >= 11 is 0. The van der Waals surface area contributed by atoms with Gasteiger partial charge in [-0.2, -0.15) is 0 Å². The molecule has 0 radical (unpaired) electrons. The molecule has 0 fully saturated rings. The molecule has 3 amide bonds. The molecule has 8 heteroatoms. The van der Waals surface area contributed by atoms with Crippen molar-refractivity contribution in [2.75, 3.05) is 26.2 Å². The predicted octanol–water partition coefficient (Wildman–Crippen LogP) is 3.84. The van der Waals surface area contributed by atoms with Crippen LogP contribution in [0.2, 0.25) is 0 Å². The Labute approximate surface area is 245 Å². The minimum Gasteiger partial charge on any atom is -0.444 e. The van der Waals surface area contributed by atoms with Gasteiger partial charge in [0.15, 0.2) is 0 Å². The Hall–Kier alpha value is -4.27.